The molecule has 1 aliphatic heterocycles. The Hall–Kier alpha value is -3.50. The average Bonchev–Trinajstić information content (AvgIpc) is 2.73. The molecule has 2 amide bonds. The third-order valence-electron chi connectivity index (χ3n) is 4.65. The summed E-state index contributed by atoms with van der Waals surface area (Å²) in [6.45, 7) is 4.77. The van der Waals surface area contributed by atoms with E-state index in [9.17, 15) is 14.0 Å². The number of primary amides is 1. The number of hydrogen-bond acceptors (Lipinski definition) is 4. The van der Waals surface area contributed by atoms with Gasteiger partial charge in [-0.15, -0.1) is 0 Å². The number of rotatable bonds is 4. The number of carbonyl (C=O) groups excluding carboxylic acids is 2. The summed E-state index contributed by atoms with van der Waals surface area (Å²) < 4.78 is 19.7. The van der Waals surface area contributed by atoms with Gasteiger partial charge >= 0.3 is 0 Å². The zero-order chi connectivity index (χ0) is 20.3. The molecule has 1 atom stereocenters. The fourth-order valence-electron chi connectivity index (χ4n) is 3.24. The molecule has 0 saturated carbocycles. The highest BCUT2D eigenvalue weighted by molar-refractivity contribution is 5.95. The molecule has 0 radical (unpaired) electrons. The number of amides is 2. The number of benzene rings is 2. The van der Waals surface area contributed by atoms with Gasteiger partial charge in [-0.25, -0.2) is 4.39 Å². The van der Waals surface area contributed by atoms with Gasteiger partial charge in [0.05, 0.1) is 30.4 Å². The molecule has 2 aromatic carbocycles. The minimum atomic E-state index is -0.949. The number of morpholine rings is 1. The summed E-state index contributed by atoms with van der Waals surface area (Å²) in [4.78, 5) is 25.4. The maximum Gasteiger partial charge on any atom is 0.251 e. The molecule has 6 nitrogen and oxygen atoms in total. The van der Waals surface area contributed by atoms with Gasteiger partial charge in [0.25, 0.3) is 5.91 Å². The van der Waals surface area contributed by atoms with Gasteiger partial charge in [-0.3, -0.25) is 9.59 Å². The Kier molecular flexibility index (Phi) is 5.52. The van der Waals surface area contributed by atoms with Crippen molar-refractivity contribution in [2.24, 2.45) is 5.73 Å². The normalized spacial score (nSPS) is 16.3. The zero-order valence-electron chi connectivity index (χ0n) is 15.0. The monoisotopic (exact) mass is 379 g/mol. The Balaban J connectivity index is 2.06. The molecule has 28 heavy (non-hydrogen) atoms. The molecule has 0 bridgehead atoms. The van der Waals surface area contributed by atoms with Crippen LogP contribution in [-0.2, 0) is 9.53 Å². The first-order valence-electron chi connectivity index (χ1n) is 8.60. The third-order valence-corrected chi connectivity index (χ3v) is 4.65. The van der Waals surface area contributed by atoms with E-state index in [-0.39, 0.29) is 23.1 Å². The molecule has 1 fully saturated rings. The molecule has 1 saturated heterocycles. The molecule has 1 unspecified atom stereocenters. The van der Waals surface area contributed by atoms with Crippen LogP contribution in [0, 0.1) is 17.1 Å². The fourth-order valence-corrected chi connectivity index (χ4v) is 3.24. The number of halogens is 1. The highest BCUT2D eigenvalue weighted by Gasteiger charge is 2.27. The van der Waals surface area contributed by atoms with Gasteiger partial charge in [0.2, 0.25) is 5.91 Å². The smallest absolute Gasteiger partial charge is 0.251 e. The van der Waals surface area contributed by atoms with E-state index in [1.165, 1.54) is 18.2 Å². The van der Waals surface area contributed by atoms with Crippen molar-refractivity contribution < 1.29 is 18.7 Å². The van der Waals surface area contributed by atoms with Gasteiger partial charge in [-0.1, -0.05) is 24.8 Å². The van der Waals surface area contributed by atoms with Crippen molar-refractivity contribution in [3.05, 3.63) is 71.6 Å². The Labute approximate surface area is 161 Å². The number of ether oxygens (including phenoxy) is 1. The van der Waals surface area contributed by atoms with E-state index < -0.39 is 11.7 Å². The molecular formula is C21H18FN3O3. The van der Waals surface area contributed by atoms with Crippen LogP contribution in [0.25, 0.3) is 11.1 Å². The number of nitriles is 1. The molecule has 2 N–H and O–H groups in total. The van der Waals surface area contributed by atoms with Crippen molar-refractivity contribution in [1.82, 2.24) is 4.90 Å². The predicted octanol–water partition coefficient (Wildman–Crippen LogP) is 2.55. The maximum absolute atomic E-state index is 14.2. The van der Waals surface area contributed by atoms with E-state index in [1.54, 1.807) is 23.1 Å². The van der Waals surface area contributed by atoms with Crippen LogP contribution in [0.5, 0.6) is 0 Å². The second-order valence-electron chi connectivity index (χ2n) is 6.31. The van der Waals surface area contributed by atoms with Gasteiger partial charge in [0, 0.05) is 6.54 Å². The van der Waals surface area contributed by atoms with E-state index in [0.717, 1.165) is 5.56 Å². The van der Waals surface area contributed by atoms with Crippen molar-refractivity contribution in [3.8, 4) is 17.2 Å². The third kappa shape index (κ3) is 3.63. The number of nitrogens with two attached hydrogens (primary N) is 1. The number of carbonyl (C=O) groups is 2. The lowest BCUT2D eigenvalue weighted by Gasteiger charge is -2.35. The molecule has 3 rings (SSSR count). The highest BCUT2D eigenvalue weighted by atomic mass is 19.1. The van der Waals surface area contributed by atoms with E-state index in [2.05, 4.69) is 6.58 Å². The van der Waals surface area contributed by atoms with Crippen LogP contribution >= 0.6 is 0 Å². The molecule has 0 aromatic heterocycles. The van der Waals surface area contributed by atoms with Gasteiger partial charge in [0.1, 0.15) is 6.07 Å². The van der Waals surface area contributed by atoms with Gasteiger partial charge < -0.3 is 15.4 Å². The van der Waals surface area contributed by atoms with Gasteiger partial charge in [0.15, 0.2) is 5.82 Å². The summed E-state index contributed by atoms with van der Waals surface area (Å²) in [6, 6.07) is 11.4. The highest BCUT2D eigenvalue weighted by Crippen LogP contribution is 2.30. The number of nitrogens with zero attached hydrogens (tertiary/aromatic N) is 2. The molecule has 0 spiro atoms. The van der Waals surface area contributed by atoms with Crippen LogP contribution in [0.15, 0.2) is 49.1 Å². The van der Waals surface area contributed by atoms with E-state index in [0.29, 0.717) is 30.9 Å². The second kappa shape index (κ2) is 8.03. The van der Waals surface area contributed by atoms with E-state index in [4.69, 9.17) is 15.7 Å². The van der Waals surface area contributed by atoms with Crippen molar-refractivity contribution in [3.63, 3.8) is 0 Å². The van der Waals surface area contributed by atoms with E-state index >= 15 is 0 Å². The Morgan fingerprint density at radius 3 is 2.79 bits per heavy atom. The summed E-state index contributed by atoms with van der Waals surface area (Å²) in [7, 11) is 0. The standard InChI is InChI=1S/C21H18FN3O3/c1-2-19(26)25-6-7-28-12-18(25)14-5-3-4-13(8-14)15-9-16(11-23)20(22)17(10-15)21(24)27/h2-5,8-10,18H,1,6-7,12H2,(H2,24,27). The van der Waals surface area contributed by atoms with Crippen LogP contribution in [0.3, 0.4) is 0 Å². The van der Waals surface area contributed by atoms with Crippen molar-refractivity contribution >= 4 is 11.8 Å². The van der Waals surface area contributed by atoms with E-state index in [1.807, 2.05) is 12.1 Å². The SMILES string of the molecule is C=CC(=O)N1CCOCC1c1cccc(-c2cc(C#N)c(F)c(C(N)=O)c2)c1. The molecule has 142 valence electrons. The summed E-state index contributed by atoms with van der Waals surface area (Å²) >= 11 is 0. The molecular weight excluding hydrogens is 361 g/mol. The minimum Gasteiger partial charge on any atom is -0.377 e. The van der Waals surface area contributed by atoms with Crippen LogP contribution < -0.4 is 5.73 Å². The second-order valence-corrected chi connectivity index (χ2v) is 6.31. The summed E-state index contributed by atoms with van der Waals surface area (Å²) in [6.07, 6.45) is 1.26. The zero-order valence-corrected chi connectivity index (χ0v) is 15.0. The first kappa shape index (κ1) is 19.3. The van der Waals surface area contributed by atoms with Crippen molar-refractivity contribution in [1.29, 1.82) is 5.26 Å². The van der Waals surface area contributed by atoms with Crippen LogP contribution in [-0.4, -0.2) is 36.5 Å². The van der Waals surface area contributed by atoms with Gasteiger partial charge in [-0.2, -0.15) is 5.26 Å². The van der Waals surface area contributed by atoms with Crippen molar-refractivity contribution in [2.45, 2.75) is 6.04 Å². The van der Waals surface area contributed by atoms with Gasteiger partial charge in [-0.05, 0) is 41.0 Å². The quantitative estimate of drug-likeness (QED) is 0.826. The van der Waals surface area contributed by atoms with Crippen LogP contribution in [0.1, 0.15) is 27.5 Å². The summed E-state index contributed by atoms with van der Waals surface area (Å²) in [5.74, 6) is -2.07. The molecule has 2 aromatic rings. The first-order chi connectivity index (χ1) is 13.5. The lowest BCUT2D eigenvalue weighted by atomic mass is 9.95. The largest absolute Gasteiger partial charge is 0.377 e. The summed E-state index contributed by atoms with van der Waals surface area (Å²) in [5, 5.41) is 9.17. The molecule has 7 heteroatoms. The molecule has 1 heterocycles. The Morgan fingerprint density at radius 1 is 1.32 bits per heavy atom. The Bertz CT molecular complexity index is 997. The minimum absolute atomic E-state index is 0.191. The summed E-state index contributed by atoms with van der Waals surface area (Å²) in [5.41, 5.74) is 6.59. The molecule has 1 aliphatic rings. The van der Waals surface area contributed by atoms with Crippen molar-refractivity contribution in [2.75, 3.05) is 19.8 Å². The first-order valence-corrected chi connectivity index (χ1v) is 8.60. The lowest BCUT2D eigenvalue weighted by Crippen LogP contribution is -2.42. The topological polar surface area (TPSA) is 96.4 Å². The Morgan fingerprint density at radius 2 is 2.11 bits per heavy atom. The average molecular weight is 379 g/mol. The van der Waals surface area contributed by atoms with Crippen LogP contribution in [0.4, 0.5) is 4.39 Å². The fraction of sp³-hybridized carbons (Fsp3) is 0.190. The molecule has 0 aliphatic carbocycles. The maximum atomic E-state index is 14.2. The van der Waals surface area contributed by atoms with Crippen LogP contribution in [0.2, 0.25) is 0 Å². The number of hydrogen-bond donors (Lipinski definition) is 1. The predicted molar refractivity (Wildman–Crippen MR) is 101 cm³/mol. The lowest BCUT2D eigenvalue weighted by molar-refractivity contribution is -0.134.